The Labute approximate surface area is 290 Å². The number of carbonyl (C=O) groups is 2. The number of nitrogens with one attached hydrogen (secondary N) is 1. The van der Waals surface area contributed by atoms with Crippen LogP contribution in [0.2, 0.25) is 0 Å². The van der Waals surface area contributed by atoms with Gasteiger partial charge in [0.1, 0.15) is 11.3 Å². The highest BCUT2D eigenvalue weighted by Gasteiger charge is 2.51. The Kier molecular flexibility index (Phi) is 8.88. The Balaban J connectivity index is 0.958. The first-order chi connectivity index (χ1) is 23.6. The average Bonchev–Trinajstić information content (AvgIpc) is 3.90. The molecule has 3 aromatic heterocycles. The molecule has 13 heteroatoms. The van der Waals surface area contributed by atoms with Gasteiger partial charge in [0, 0.05) is 68.5 Å². The molecule has 3 aliphatic rings. The van der Waals surface area contributed by atoms with Crippen molar-refractivity contribution in [2.24, 2.45) is 12.5 Å². The molecule has 0 radical (unpaired) electrons. The smallest absolute Gasteiger partial charge is 0.237 e. The van der Waals surface area contributed by atoms with E-state index in [0.29, 0.717) is 55.7 Å². The van der Waals surface area contributed by atoms with Crippen molar-refractivity contribution < 1.29 is 14.3 Å². The van der Waals surface area contributed by atoms with Gasteiger partial charge in [-0.3, -0.25) is 24.6 Å². The number of carbonyl (C=O) groups excluding carboxylic acids is 2. The standard InChI is InChI=1S/C36H41N9O3S/c1-23(2)48-30-8-6-26(18-38-30)32(37)28-17-27(7-5-24(28)3)45-16-12-36(35(45)47)11-15-43(21-36)20-31(46)44-13-9-25(10-14-44)34-39-19-29(49-34)33-40-22-42(4)41-33/h5-9,17-19,22-23,37H,10-16,20-21H2,1-4H3/t36-/m0/s1. The number of pyridine rings is 1. The van der Waals surface area contributed by atoms with Gasteiger partial charge in [-0.05, 0) is 75.9 Å². The van der Waals surface area contributed by atoms with E-state index in [4.69, 9.17) is 10.1 Å². The summed E-state index contributed by atoms with van der Waals surface area (Å²) in [6.45, 7) is 9.30. The van der Waals surface area contributed by atoms with E-state index in [-0.39, 0.29) is 17.9 Å². The molecule has 2 amide bonds. The molecule has 3 aliphatic heterocycles. The number of thiazole rings is 1. The molecular weight excluding hydrogens is 639 g/mol. The lowest BCUT2D eigenvalue weighted by molar-refractivity contribution is -0.132. The van der Waals surface area contributed by atoms with Crippen molar-refractivity contribution in [1.82, 2.24) is 34.5 Å². The number of nitrogens with zero attached hydrogens (tertiary/aromatic N) is 8. The Bertz CT molecular complexity index is 1930. The second-order valence-electron chi connectivity index (χ2n) is 13.5. The number of ether oxygens (including phenoxy) is 1. The maximum atomic E-state index is 14.0. The minimum atomic E-state index is -0.491. The zero-order valence-corrected chi connectivity index (χ0v) is 29.2. The number of rotatable bonds is 9. The van der Waals surface area contributed by atoms with Crippen molar-refractivity contribution in [1.29, 1.82) is 5.41 Å². The Hall–Kier alpha value is -4.75. The molecular formula is C36H41N9O3S. The van der Waals surface area contributed by atoms with Crippen molar-refractivity contribution >= 4 is 40.1 Å². The normalized spacial score (nSPS) is 19.7. The van der Waals surface area contributed by atoms with Crippen molar-refractivity contribution in [2.75, 3.05) is 44.2 Å². The molecule has 1 N–H and O–H groups in total. The van der Waals surface area contributed by atoms with Crippen molar-refractivity contribution in [2.45, 2.75) is 46.1 Å². The Morgan fingerprint density at radius 3 is 2.63 bits per heavy atom. The van der Waals surface area contributed by atoms with E-state index in [2.05, 4.69) is 31.0 Å². The molecule has 49 heavy (non-hydrogen) atoms. The number of hydrogen-bond donors (Lipinski definition) is 1. The molecule has 0 saturated carbocycles. The van der Waals surface area contributed by atoms with Crippen LogP contribution in [0.3, 0.4) is 0 Å². The summed E-state index contributed by atoms with van der Waals surface area (Å²) in [4.78, 5) is 47.5. The van der Waals surface area contributed by atoms with Crippen LogP contribution in [-0.2, 0) is 16.6 Å². The van der Waals surface area contributed by atoms with E-state index in [0.717, 1.165) is 58.1 Å². The maximum absolute atomic E-state index is 14.0. The van der Waals surface area contributed by atoms with Gasteiger partial charge in [0.15, 0.2) is 5.82 Å². The molecule has 4 aromatic rings. The Morgan fingerprint density at radius 2 is 1.92 bits per heavy atom. The van der Waals surface area contributed by atoms with Crippen LogP contribution in [-0.4, -0.2) is 97.4 Å². The predicted octanol–water partition coefficient (Wildman–Crippen LogP) is 4.59. The summed E-state index contributed by atoms with van der Waals surface area (Å²) in [5, 5.41) is 14.2. The van der Waals surface area contributed by atoms with Gasteiger partial charge in [-0.15, -0.1) is 11.3 Å². The lowest BCUT2D eigenvalue weighted by atomic mass is 9.85. The molecule has 7 rings (SSSR count). The fourth-order valence-corrected chi connectivity index (χ4v) is 7.86. The summed E-state index contributed by atoms with van der Waals surface area (Å²) in [6, 6.07) is 9.53. The molecule has 2 saturated heterocycles. The van der Waals surface area contributed by atoms with Gasteiger partial charge in [0.25, 0.3) is 0 Å². The predicted molar refractivity (Wildman–Crippen MR) is 189 cm³/mol. The minimum Gasteiger partial charge on any atom is -0.475 e. The first-order valence-electron chi connectivity index (χ1n) is 16.7. The van der Waals surface area contributed by atoms with E-state index >= 15 is 0 Å². The summed E-state index contributed by atoms with van der Waals surface area (Å²) < 4.78 is 7.33. The number of aryl methyl sites for hydroxylation is 2. The molecule has 2 fully saturated rings. The second kappa shape index (κ2) is 13.3. The van der Waals surface area contributed by atoms with Gasteiger partial charge in [-0.1, -0.05) is 12.1 Å². The van der Waals surface area contributed by atoms with E-state index in [1.807, 2.05) is 68.1 Å². The number of hydrogen-bond acceptors (Lipinski definition) is 10. The van der Waals surface area contributed by atoms with Crippen LogP contribution in [0.1, 0.15) is 54.8 Å². The van der Waals surface area contributed by atoms with E-state index in [1.165, 1.54) is 0 Å². The van der Waals surface area contributed by atoms with E-state index in [9.17, 15) is 9.59 Å². The highest BCUT2D eigenvalue weighted by molar-refractivity contribution is 7.16. The lowest BCUT2D eigenvalue weighted by Gasteiger charge is -2.28. The molecule has 1 aromatic carbocycles. The first-order valence-corrected chi connectivity index (χ1v) is 17.6. The molecule has 0 unspecified atom stereocenters. The minimum absolute atomic E-state index is 0.0209. The van der Waals surface area contributed by atoms with Crippen LogP contribution < -0.4 is 9.64 Å². The SMILES string of the molecule is Cc1ccc(N2CC[C@]3(CCN(CC(=O)N4CC=C(c5ncc(-c6ncn(C)n6)s5)CC4)C3)C2=O)cc1C(=N)c1ccc(OC(C)C)nc1. The maximum Gasteiger partial charge on any atom is 0.237 e. The molecule has 1 spiro atoms. The van der Waals surface area contributed by atoms with Gasteiger partial charge < -0.3 is 14.5 Å². The quantitative estimate of drug-likeness (QED) is 0.254. The van der Waals surface area contributed by atoms with Crippen LogP contribution in [0.25, 0.3) is 16.3 Å². The zero-order chi connectivity index (χ0) is 34.3. The molecule has 12 nitrogen and oxygen atoms in total. The number of likely N-dealkylation sites (tertiary alicyclic amines) is 1. The van der Waals surface area contributed by atoms with Crippen LogP contribution in [0, 0.1) is 17.7 Å². The van der Waals surface area contributed by atoms with Gasteiger partial charge in [0.2, 0.25) is 17.7 Å². The summed E-state index contributed by atoms with van der Waals surface area (Å²) in [5.41, 5.74) is 4.22. The molecule has 1 atom stereocenters. The topological polar surface area (TPSA) is 133 Å². The number of aromatic nitrogens is 5. The number of amides is 2. The van der Waals surface area contributed by atoms with Crippen LogP contribution in [0.4, 0.5) is 5.69 Å². The fourth-order valence-electron chi connectivity index (χ4n) is 6.94. The third kappa shape index (κ3) is 6.64. The average molecular weight is 680 g/mol. The van der Waals surface area contributed by atoms with Gasteiger partial charge in [-0.2, -0.15) is 5.10 Å². The van der Waals surface area contributed by atoms with E-state index < -0.39 is 5.41 Å². The summed E-state index contributed by atoms with van der Waals surface area (Å²) in [5.74, 6) is 1.39. The lowest BCUT2D eigenvalue weighted by Crippen LogP contribution is -2.43. The van der Waals surface area contributed by atoms with Gasteiger partial charge >= 0.3 is 0 Å². The van der Waals surface area contributed by atoms with Crippen LogP contribution in [0.5, 0.6) is 5.88 Å². The first kappa shape index (κ1) is 32.8. The zero-order valence-electron chi connectivity index (χ0n) is 28.3. The van der Waals surface area contributed by atoms with Crippen molar-refractivity contribution in [3.8, 4) is 16.6 Å². The van der Waals surface area contributed by atoms with E-state index in [1.54, 1.807) is 34.6 Å². The van der Waals surface area contributed by atoms with Gasteiger partial charge in [-0.25, -0.2) is 15.0 Å². The number of anilines is 1. The highest BCUT2D eigenvalue weighted by Crippen LogP contribution is 2.43. The van der Waals surface area contributed by atoms with Crippen molar-refractivity contribution in [3.05, 3.63) is 76.8 Å². The summed E-state index contributed by atoms with van der Waals surface area (Å²) in [6.07, 6.45) is 9.50. The summed E-state index contributed by atoms with van der Waals surface area (Å²) >= 11 is 1.57. The molecule has 6 heterocycles. The van der Waals surface area contributed by atoms with Crippen LogP contribution >= 0.6 is 11.3 Å². The summed E-state index contributed by atoms with van der Waals surface area (Å²) in [7, 11) is 1.84. The Morgan fingerprint density at radius 1 is 1.08 bits per heavy atom. The third-order valence-corrected chi connectivity index (χ3v) is 10.7. The second-order valence-corrected chi connectivity index (χ2v) is 14.5. The molecule has 0 aliphatic carbocycles. The largest absolute Gasteiger partial charge is 0.475 e. The monoisotopic (exact) mass is 679 g/mol. The highest BCUT2D eigenvalue weighted by atomic mass is 32.1. The third-order valence-electron chi connectivity index (χ3n) is 9.65. The van der Waals surface area contributed by atoms with Crippen LogP contribution in [0.15, 0.2) is 55.1 Å². The number of benzene rings is 1. The molecule has 0 bridgehead atoms. The fraction of sp³-hybridized carbons (Fsp3) is 0.417. The van der Waals surface area contributed by atoms with Crippen molar-refractivity contribution in [3.63, 3.8) is 0 Å². The molecule has 254 valence electrons. The van der Waals surface area contributed by atoms with Gasteiger partial charge in [0.05, 0.1) is 28.7 Å².